The first-order valence-corrected chi connectivity index (χ1v) is 9.00. The molecule has 3 heterocycles. The monoisotopic (exact) mass is 327 g/mol. The van der Waals surface area contributed by atoms with E-state index in [0.29, 0.717) is 17.7 Å². The lowest BCUT2D eigenvalue weighted by atomic mass is 9.84. The summed E-state index contributed by atoms with van der Waals surface area (Å²) in [6.07, 6.45) is 11.1. The second-order valence-corrected chi connectivity index (χ2v) is 7.19. The van der Waals surface area contributed by atoms with Gasteiger partial charge in [-0.3, -0.25) is 4.79 Å². The second kappa shape index (κ2) is 6.42. The van der Waals surface area contributed by atoms with Crippen LogP contribution in [-0.2, 0) is 4.79 Å². The van der Waals surface area contributed by atoms with Gasteiger partial charge >= 0.3 is 0 Å². The lowest BCUT2D eigenvalue weighted by Gasteiger charge is -2.36. The minimum absolute atomic E-state index is 0.304. The number of piperidine rings is 1. The highest BCUT2D eigenvalue weighted by atomic mass is 16.2. The van der Waals surface area contributed by atoms with E-state index in [9.17, 15) is 4.79 Å². The SMILES string of the molecule is CN(CC1CCN(c2nccn3nccc23)CC1)C(=O)C1CCC1. The minimum Gasteiger partial charge on any atom is -0.355 e. The quantitative estimate of drug-likeness (QED) is 0.864. The summed E-state index contributed by atoms with van der Waals surface area (Å²) < 4.78 is 1.87. The van der Waals surface area contributed by atoms with E-state index < -0.39 is 0 Å². The molecule has 0 aromatic carbocycles. The van der Waals surface area contributed by atoms with E-state index in [4.69, 9.17) is 0 Å². The third-order valence-corrected chi connectivity index (χ3v) is 5.58. The molecule has 1 aliphatic heterocycles. The first-order valence-electron chi connectivity index (χ1n) is 9.00. The summed E-state index contributed by atoms with van der Waals surface area (Å²) in [5.41, 5.74) is 1.06. The van der Waals surface area contributed by atoms with Crippen LogP contribution in [0.1, 0.15) is 32.1 Å². The molecule has 1 amide bonds. The largest absolute Gasteiger partial charge is 0.355 e. The van der Waals surface area contributed by atoms with Gasteiger partial charge in [-0.1, -0.05) is 6.42 Å². The summed E-state index contributed by atoms with van der Waals surface area (Å²) in [5.74, 6) is 2.28. The lowest BCUT2D eigenvalue weighted by molar-refractivity contribution is -0.137. The molecule has 1 aliphatic carbocycles. The average molecular weight is 327 g/mol. The van der Waals surface area contributed by atoms with Crippen LogP contribution in [0.3, 0.4) is 0 Å². The molecule has 2 fully saturated rings. The van der Waals surface area contributed by atoms with Crippen LogP contribution in [0.15, 0.2) is 24.7 Å². The van der Waals surface area contributed by atoms with E-state index in [0.717, 1.165) is 56.7 Å². The highest BCUT2D eigenvalue weighted by Gasteiger charge is 2.30. The van der Waals surface area contributed by atoms with Crippen molar-refractivity contribution in [1.82, 2.24) is 19.5 Å². The lowest BCUT2D eigenvalue weighted by Crippen LogP contribution is -2.42. The molecule has 2 aromatic heterocycles. The van der Waals surface area contributed by atoms with Gasteiger partial charge in [0.2, 0.25) is 5.91 Å². The van der Waals surface area contributed by atoms with E-state index in [1.165, 1.54) is 6.42 Å². The molecule has 0 N–H and O–H groups in total. The molecule has 4 rings (SSSR count). The zero-order valence-electron chi connectivity index (χ0n) is 14.3. The van der Waals surface area contributed by atoms with Gasteiger partial charge in [-0.2, -0.15) is 5.10 Å². The fraction of sp³-hybridized carbons (Fsp3) is 0.611. The molecule has 2 aliphatic rings. The summed E-state index contributed by atoms with van der Waals surface area (Å²) in [7, 11) is 1.97. The number of hydrogen-bond acceptors (Lipinski definition) is 4. The molecule has 6 nitrogen and oxygen atoms in total. The zero-order chi connectivity index (χ0) is 16.5. The topological polar surface area (TPSA) is 53.7 Å². The molecule has 2 aromatic rings. The van der Waals surface area contributed by atoms with E-state index in [-0.39, 0.29) is 0 Å². The molecule has 1 saturated heterocycles. The highest BCUT2D eigenvalue weighted by Crippen LogP contribution is 2.29. The van der Waals surface area contributed by atoms with Crippen LogP contribution >= 0.6 is 0 Å². The number of rotatable bonds is 4. The van der Waals surface area contributed by atoms with Crippen molar-refractivity contribution in [3.8, 4) is 0 Å². The fourth-order valence-corrected chi connectivity index (χ4v) is 3.86. The van der Waals surface area contributed by atoms with Crippen LogP contribution in [0.25, 0.3) is 5.52 Å². The summed E-state index contributed by atoms with van der Waals surface area (Å²) in [5, 5.41) is 4.28. The molecule has 1 saturated carbocycles. The Morgan fingerprint density at radius 1 is 1.25 bits per heavy atom. The van der Waals surface area contributed by atoms with Crippen molar-refractivity contribution >= 4 is 17.2 Å². The molecule has 6 heteroatoms. The Morgan fingerprint density at radius 2 is 2.04 bits per heavy atom. The molecular weight excluding hydrogens is 302 g/mol. The van der Waals surface area contributed by atoms with Gasteiger partial charge in [-0.25, -0.2) is 9.50 Å². The molecule has 0 atom stereocenters. The number of carbonyl (C=O) groups excluding carboxylic acids is 1. The van der Waals surface area contributed by atoms with Crippen molar-refractivity contribution < 1.29 is 4.79 Å². The number of carbonyl (C=O) groups is 1. The normalized spacial score (nSPS) is 19.5. The van der Waals surface area contributed by atoms with E-state index in [2.05, 4.69) is 15.0 Å². The van der Waals surface area contributed by atoms with Crippen molar-refractivity contribution in [2.75, 3.05) is 31.6 Å². The minimum atomic E-state index is 0.304. The number of amides is 1. The Bertz CT molecular complexity index is 715. The summed E-state index contributed by atoms with van der Waals surface area (Å²) >= 11 is 0. The van der Waals surface area contributed by atoms with Gasteiger partial charge in [0.1, 0.15) is 5.52 Å². The number of fused-ring (bicyclic) bond motifs is 1. The Labute approximate surface area is 142 Å². The van der Waals surface area contributed by atoms with Gasteiger partial charge in [0, 0.05) is 45.0 Å². The Hall–Kier alpha value is -2.11. The van der Waals surface area contributed by atoms with Crippen molar-refractivity contribution in [1.29, 1.82) is 0 Å². The zero-order valence-corrected chi connectivity index (χ0v) is 14.3. The third-order valence-electron chi connectivity index (χ3n) is 5.58. The Balaban J connectivity index is 1.35. The van der Waals surface area contributed by atoms with Crippen LogP contribution < -0.4 is 4.90 Å². The molecule has 128 valence electrons. The molecule has 24 heavy (non-hydrogen) atoms. The predicted octanol–water partition coefficient (Wildman–Crippen LogP) is 2.20. The van der Waals surface area contributed by atoms with Gasteiger partial charge in [0.05, 0.1) is 6.20 Å². The number of anilines is 1. The molecule has 0 bridgehead atoms. The van der Waals surface area contributed by atoms with Crippen molar-refractivity contribution in [3.63, 3.8) is 0 Å². The van der Waals surface area contributed by atoms with Crippen LogP contribution in [0.4, 0.5) is 5.82 Å². The molecule has 0 radical (unpaired) electrons. The van der Waals surface area contributed by atoms with Gasteiger partial charge in [-0.05, 0) is 37.7 Å². The van der Waals surface area contributed by atoms with E-state index >= 15 is 0 Å². The van der Waals surface area contributed by atoms with Crippen molar-refractivity contribution in [2.45, 2.75) is 32.1 Å². The van der Waals surface area contributed by atoms with Gasteiger partial charge in [0.25, 0.3) is 0 Å². The second-order valence-electron chi connectivity index (χ2n) is 7.19. The van der Waals surface area contributed by atoms with Crippen molar-refractivity contribution in [2.24, 2.45) is 11.8 Å². The number of hydrogen-bond donors (Lipinski definition) is 0. The Kier molecular flexibility index (Phi) is 4.12. The van der Waals surface area contributed by atoms with Crippen LogP contribution in [-0.4, -0.2) is 52.1 Å². The molecule has 0 unspecified atom stereocenters. The summed E-state index contributed by atoms with van der Waals surface area (Å²) in [6.45, 7) is 2.88. The van der Waals surface area contributed by atoms with Crippen LogP contribution in [0, 0.1) is 11.8 Å². The first-order chi connectivity index (χ1) is 11.7. The summed E-state index contributed by atoms with van der Waals surface area (Å²) in [6, 6.07) is 2.01. The van der Waals surface area contributed by atoms with E-state index in [1.54, 1.807) is 0 Å². The maximum Gasteiger partial charge on any atom is 0.225 e. The van der Waals surface area contributed by atoms with Crippen LogP contribution in [0.5, 0.6) is 0 Å². The Morgan fingerprint density at radius 3 is 2.75 bits per heavy atom. The average Bonchev–Trinajstić information content (AvgIpc) is 3.02. The van der Waals surface area contributed by atoms with Gasteiger partial charge in [0.15, 0.2) is 5.82 Å². The maximum atomic E-state index is 12.3. The number of nitrogens with zero attached hydrogens (tertiary/aromatic N) is 5. The molecule has 0 spiro atoms. The van der Waals surface area contributed by atoms with Gasteiger partial charge in [-0.15, -0.1) is 0 Å². The maximum absolute atomic E-state index is 12.3. The highest BCUT2D eigenvalue weighted by molar-refractivity contribution is 5.79. The fourth-order valence-electron chi connectivity index (χ4n) is 3.86. The third kappa shape index (κ3) is 2.85. The predicted molar refractivity (Wildman–Crippen MR) is 92.9 cm³/mol. The first kappa shape index (κ1) is 15.4. The number of aromatic nitrogens is 3. The van der Waals surface area contributed by atoms with Crippen LogP contribution in [0.2, 0.25) is 0 Å². The van der Waals surface area contributed by atoms with Crippen molar-refractivity contribution in [3.05, 3.63) is 24.7 Å². The summed E-state index contributed by atoms with van der Waals surface area (Å²) in [4.78, 5) is 21.2. The van der Waals surface area contributed by atoms with E-state index in [1.807, 2.05) is 41.1 Å². The smallest absolute Gasteiger partial charge is 0.225 e. The standard InChI is InChI=1S/C18H25N5O/c1-21(18(24)15-3-2-4-15)13-14-6-10-22(11-7-14)17-16-5-8-20-23(16)12-9-19-17/h5,8-9,12,14-15H,2-4,6-7,10-11,13H2,1H3. The van der Waals surface area contributed by atoms with Gasteiger partial charge < -0.3 is 9.80 Å². The molecular formula is C18H25N5O.